The van der Waals surface area contributed by atoms with Crippen molar-refractivity contribution in [3.8, 4) is 22.7 Å². The molecule has 14 aromatic rings. The number of hydrogen-bond donors (Lipinski definition) is 0. The third kappa shape index (κ3) is 5.39. The molecule has 11 aromatic carbocycles. The van der Waals surface area contributed by atoms with E-state index in [2.05, 4.69) is 261 Å². The highest BCUT2D eigenvalue weighted by Gasteiger charge is 2.19. The van der Waals surface area contributed by atoms with Gasteiger partial charge in [0.25, 0.3) is 0 Å². The van der Waals surface area contributed by atoms with Crippen LogP contribution in [0.1, 0.15) is 0 Å². The number of aromatic nitrogens is 4. The van der Waals surface area contributed by atoms with E-state index in [1.54, 1.807) is 0 Å². The zero-order chi connectivity index (χ0) is 43.3. The largest absolute Gasteiger partial charge is 0.314 e. The molecule has 308 valence electrons. The highest BCUT2D eigenvalue weighted by Crippen LogP contribution is 2.41. The average molecular weight is 841 g/mol. The van der Waals surface area contributed by atoms with Gasteiger partial charge in [-0.05, 0) is 128 Å². The van der Waals surface area contributed by atoms with E-state index >= 15 is 0 Å². The van der Waals surface area contributed by atoms with Crippen LogP contribution in [0.25, 0.3) is 120 Å². The first-order chi connectivity index (χ1) is 32.8. The Bertz CT molecular complexity index is 4280. The first-order valence-corrected chi connectivity index (χ1v) is 22.7. The van der Waals surface area contributed by atoms with E-state index in [0.29, 0.717) is 0 Å². The SMILES string of the molecule is c1ccc(-n2ccn(-c3ccccc3)c3cc4c5cc(-n6c7ccccc7c7cc(-n8c9ccccc9c9ccccc98)ccc76)ccc5c5ccccc5c5ccccc5c4cc32)cc1. The van der Waals surface area contributed by atoms with Crippen LogP contribution in [0.15, 0.2) is 243 Å². The fraction of sp³-hybridized carbons (Fsp3) is 0. The van der Waals surface area contributed by atoms with Gasteiger partial charge in [0.1, 0.15) is 0 Å². The molecule has 0 atom stereocenters. The first-order valence-electron chi connectivity index (χ1n) is 22.7. The zero-order valence-electron chi connectivity index (χ0n) is 35.9. The molecule has 0 saturated carbocycles. The molecule has 4 heteroatoms. The van der Waals surface area contributed by atoms with Crippen LogP contribution in [0.4, 0.5) is 0 Å². The summed E-state index contributed by atoms with van der Waals surface area (Å²) in [6, 6.07) is 84.6. The van der Waals surface area contributed by atoms with Crippen molar-refractivity contribution in [3.63, 3.8) is 0 Å². The monoisotopic (exact) mass is 840 g/mol. The number of rotatable bonds is 4. The van der Waals surface area contributed by atoms with Crippen LogP contribution in [-0.4, -0.2) is 18.3 Å². The predicted octanol–water partition coefficient (Wildman–Crippen LogP) is 16.4. The van der Waals surface area contributed by atoms with E-state index in [0.717, 1.165) is 33.8 Å². The van der Waals surface area contributed by atoms with Crippen LogP contribution in [-0.2, 0) is 0 Å². The summed E-state index contributed by atoms with van der Waals surface area (Å²) in [6.07, 6.45) is 4.40. The Balaban J connectivity index is 1.11. The van der Waals surface area contributed by atoms with Gasteiger partial charge < -0.3 is 18.3 Å². The highest BCUT2D eigenvalue weighted by atomic mass is 15.1. The van der Waals surface area contributed by atoms with Gasteiger partial charge in [0, 0.05) is 56.7 Å². The van der Waals surface area contributed by atoms with Crippen LogP contribution in [0.2, 0.25) is 0 Å². The molecule has 0 fully saturated rings. The molecule has 3 aromatic heterocycles. The summed E-state index contributed by atoms with van der Waals surface area (Å²) in [5.74, 6) is 0. The van der Waals surface area contributed by atoms with Crippen molar-refractivity contribution in [3.05, 3.63) is 243 Å². The van der Waals surface area contributed by atoms with Crippen LogP contribution in [0, 0.1) is 0 Å². The van der Waals surface area contributed by atoms with Crippen molar-refractivity contribution >= 4 is 97.7 Å². The van der Waals surface area contributed by atoms with E-state index in [1.165, 1.54) is 86.7 Å². The molecule has 0 unspecified atom stereocenters. The fourth-order valence-corrected chi connectivity index (χ4v) is 10.9. The highest BCUT2D eigenvalue weighted by molar-refractivity contribution is 6.27. The number of hydrogen-bond acceptors (Lipinski definition) is 0. The minimum atomic E-state index is 1.11. The van der Waals surface area contributed by atoms with Crippen molar-refractivity contribution in [2.75, 3.05) is 0 Å². The van der Waals surface area contributed by atoms with E-state index in [4.69, 9.17) is 0 Å². The Hall–Kier alpha value is -8.86. The second-order valence-electron chi connectivity index (χ2n) is 17.3. The summed E-state index contributed by atoms with van der Waals surface area (Å²) in [7, 11) is 0. The van der Waals surface area contributed by atoms with Gasteiger partial charge in [-0.15, -0.1) is 0 Å². The normalized spacial score (nSPS) is 11.9. The Morgan fingerprint density at radius 2 is 0.500 bits per heavy atom. The maximum atomic E-state index is 2.47. The van der Waals surface area contributed by atoms with Crippen molar-refractivity contribution in [1.29, 1.82) is 0 Å². The third-order valence-electron chi connectivity index (χ3n) is 13.8. The Morgan fingerprint density at radius 1 is 0.182 bits per heavy atom. The summed E-state index contributed by atoms with van der Waals surface area (Å²) in [4.78, 5) is 0. The van der Waals surface area contributed by atoms with Crippen molar-refractivity contribution in [1.82, 2.24) is 18.3 Å². The minimum Gasteiger partial charge on any atom is -0.314 e. The average Bonchev–Trinajstić information content (AvgIpc) is 3.90. The lowest BCUT2D eigenvalue weighted by atomic mass is 9.93. The maximum Gasteiger partial charge on any atom is 0.0703 e. The van der Waals surface area contributed by atoms with Gasteiger partial charge in [0.2, 0.25) is 0 Å². The molecule has 66 heavy (non-hydrogen) atoms. The summed E-state index contributed by atoms with van der Waals surface area (Å²) in [5, 5.41) is 14.6. The lowest BCUT2D eigenvalue weighted by molar-refractivity contribution is 1.01. The van der Waals surface area contributed by atoms with Gasteiger partial charge in [0.05, 0.1) is 33.1 Å². The molecule has 0 radical (unpaired) electrons. The molecule has 0 aliphatic rings. The van der Waals surface area contributed by atoms with E-state index < -0.39 is 0 Å². The lowest BCUT2D eigenvalue weighted by Crippen LogP contribution is -2.04. The summed E-state index contributed by atoms with van der Waals surface area (Å²) in [5.41, 5.74) is 11.5. The molecule has 3 heterocycles. The number of para-hydroxylation sites is 5. The van der Waals surface area contributed by atoms with Crippen LogP contribution in [0.3, 0.4) is 0 Å². The zero-order valence-corrected chi connectivity index (χ0v) is 35.9. The van der Waals surface area contributed by atoms with Gasteiger partial charge in [0.15, 0.2) is 0 Å². The van der Waals surface area contributed by atoms with Crippen LogP contribution >= 0.6 is 0 Å². The van der Waals surface area contributed by atoms with Gasteiger partial charge >= 0.3 is 0 Å². The second kappa shape index (κ2) is 14.3. The first kappa shape index (κ1) is 36.6. The Morgan fingerprint density at radius 3 is 0.985 bits per heavy atom. The number of benzene rings is 10. The predicted molar refractivity (Wildman–Crippen MR) is 279 cm³/mol. The third-order valence-corrected chi connectivity index (χ3v) is 13.8. The topological polar surface area (TPSA) is 19.7 Å². The van der Waals surface area contributed by atoms with Crippen LogP contribution in [0.5, 0.6) is 0 Å². The molecular weight excluding hydrogens is 801 g/mol. The second-order valence-corrected chi connectivity index (χ2v) is 17.3. The molecule has 0 aliphatic carbocycles. The smallest absolute Gasteiger partial charge is 0.0703 e. The maximum absolute atomic E-state index is 2.47. The molecule has 0 saturated heterocycles. The number of fused-ring (bicyclic) bond motifs is 15. The summed E-state index contributed by atoms with van der Waals surface area (Å²) in [6.45, 7) is 0. The van der Waals surface area contributed by atoms with Crippen LogP contribution < -0.4 is 0 Å². The van der Waals surface area contributed by atoms with Crippen molar-refractivity contribution in [2.45, 2.75) is 0 Å². The fourth-order valence-electron chi connectivity index (χ4n) is 10.9. The lowest BCUT2D eigenvalue weighted by Gasteiger charge is -2.19. The van der Waals surface area contributed by atoms with E-state index in [1.807, 2.05) is 0 Å². The van der Waals surface area contributed by atoms with E-state index in [-0.39, 0.29) is 0 Å². The van der Waals surface area contributed by atoms with Gasteiger partial charge in [-0.25, -0.2) is 0 Å². The number of nitrogens with zero attached hydrogens (tertiary/aromatic N) is 4. The van der Waals surface area contributed by atoms with Gasteiger partial charge in [-0.3, -0.25) is 0 Å². The molecule has 0 aliphatic heterocycles. The summed E-state index contributed by atoms with van der Waals surface area (Å²) >= 11 is 0. The summed E-state index contributed by atoms with van der Waals surface area (Å²) < 4.78 is 9.54. The molecule has 0 N–H and O–H groups in total. The molecule has 0 spiro atoms. The minimum absolute atomic E-state index is 1.11. The van der Waals surface area contributed by atoms with Crippen molar-refractivity contribution < 1.29 is 0 Å². The molecule has 0 amide bonds. The molecule has 14 rings (SSSR count). The van der Waals surface area contributed by atoms with E-state index in [9.17, 15) is 0 Å². The molecule has 4 nitrogen and oxygen atoms in total. The Kier molecular flexibility index (Phi) is 7.95. The Labute approximate surface area is 380 Å². The quantitative estimate of drug-likeness (QED) is 0.168. The van der Waals surface area contributed by atoms with Gasteiger partial charge in [-0.2, -0.15) is 0 Å². The van der Waals surface area contributed by atoms with Crippen molar-refractivity contribution in [2.24, 2.45) is 0 Å². The molecular formula is C62H40N4. The molecule has 0 bridgehead atoms. The standard InChI is InChI=1S/C62H40N4/c1-3-17-41(18-4-1)63-35-36-64(42-19-5-2-6-20-42)62-40-55-53-37-43(31-33-49(53)47-23-8-7-21-45(47)46-22-9-10-24-48(46)54(55)39-61(62)63)66-59-30-16-13-27-52(59)56-38-44(32-34-60(56)66)65-57-28-14-11-25-50(57)51-26-12-15-29-58(51)65/h1-40H. The van der Waals surface area contributed by atoms with Gasteiger partial charge in [-0.1, -0.05) is 146 Å².